The van der Waals surface area contributed by atoms with Crippen molar-refractivity contribution < 1.29 is 14.7 Å². The van der Waals surface area contributed by atoms with Gasteiger partial charge in [-0.2, -0.15) is 0 Å². The van der Waals surface area contributed by atoms with E-state index in [1.807, 2.05) is 63.2 Å². The van der Waals surface area contributed by atoms with E-state index in [1.54, 1.807) is 0 Å². The average molecular weight is 479 g/mol. The smallest absolute Gasteiger partial charge is 0.326 e. The molecule has 0 saturated heterocycles. The highest BCUT2D eigenvalue weighted by Gasteiger charge is 2.25. The van der Waals surface area contributed by atoms with Gasteiger partial charge in [-0.3, -0.25) is 4.79 Å². The number of halogens is 1. The van der Waals surface area contributed by atoms with Gasteiger partial charge in [0, 0.05) is 29.4 Å². The third-order valence-corrected chi connectivity index (χ3v) is 6.69. The fraction of sp³-hybridized carbons (Fsp3) is 0.286. The van der Waals surface area contributed by atoms with E-state index in [4.69, 9.17) is 11.6 Å². The zero-order chi connectivity index (χ0) is 25.2. The fourth-order valence-electron chi connectivity index (χ4n) is 4.04. The molecule has 3 aromatic carbocycles. The number of rotatable bonds is 7. The molecule has 6 heteroatoms. The highest BCUT2D eigenvalue weighted by molar-refractivity contribution is 6.31. The molecule has 0 radical (unpaired) electrons. The van der Waals surface area contributed by atoms with Crippen LogP contribution in [0.2, 0.25) is 5.02 Å². The first-order valence-electron chi connectivity index (χ1n) is 11.2. The maximum absolute atomic E-state index is 13.0. The van der Waals surface area contributed by atoms with Gasteiger partial charge in [-0.1, -0.05) is 48.0 Å². The Morgan fingerprint density at radius 2 is 1.56 bits per heavy atom. The number of carboxylic acids is 1. The minimum Gasteiger partial charge on any atom is -0.480 e. The molecule has 3 aromatic rings. The molecule has 0 heterocycles. The molecule has 0 fully saturated rings. The lowest BCUT2D eigenvalue weighted by Crippen LogP contribution is -2.40. The molecule has 5 nitrogen and oxygen atoms in total. The predicted octanol–water partition coefficient (Wildman–Crippen LogP) is 6.65. The lowest BCUT2D eigenvalue weighted by molar-refractivity contribution is -0.141. The third-order valence-electron chi connectivity index (χ3n) is 6.27. The van der Waals surface area contributed by atoms with Crippen LogP contribution in [-0.2, 0) is 4.79 Å². The van der Waals surface area contributed by atoms with Crippen LogP contribution in [0.15, 0.2) is 54.6 Å². The summed E-state index contributed by atoms with van der Waals surface area (Å²) in [6.07, 6.45) is 0. The summed E-state index contributed by atoms with van der Waals surface area (Å²) in [6.45, 7) is 9.38. The third kappa shape index (κ3) is 5.42. The lowest BCUT2D eigenvalue weighted by Gasteiger charge is -2.24. The highest BCUT2D eigenvalue weighted by atomic mass is 35.5. The zero-order valence-electron chi connectivity index (χ0n) is 20.4. The Labute approximate surface area is 206 Å². The number of aryl methyl sites for hydroxylation is 3. The summed E-state index contributed by atoms with van der Waals surface area (Å²) in [5.74, 6) is -1.32. The van der Waals surface area contributed by atoms with Gasteiger partial charge in [0.05, 0.1) is 0 Å². The molecule has 1 amide bonds. The van der Waals surface area contributed by atoms with Crippen molar-refractivity contribution in [1.29, 1.82) is 0 Å². The van der Waals surface area contributed by atoms with Crippen molar-refractivity contribution in [1.82, 2.24) is 4.90 Å². The van der Waals surface area contributed by atoms with Crippen LogP contribution in [0.5, 0.6) is 0 Å². The molecule has 0 aliphatic carbocycles. The largest absolute Gasteiger partial charge is 0.480 e. The van der Waals surface area contributed by atoms with Gasteiger partial charge >= 0.3 is 5.97 Å². The Bertz CT molecular complexity index is 1220. The summed E-state index contributed by atoms with van der Waals surface area (Å²) >= 11 is 6.17. The number of carbonyl (C=O) groups is 2. The first-order valence-corrected chi connectivity index (χ1v) is 11.6. The van der Waals surface area contributed by atoms with E-state index in [1.165, 1.54) is 18.9 Å². The Morgan fingerprint density at radius 3 is 2.15 bits per heavy atom. The summed E-state index contributed by atoms with van der Waals surface area (Å²) in [7, 11) is 1.52. The van der Waals surface area contributed by atoms with Crippen molar-refractivity contribution >= 4 is 29.2 Å². The van der Waals surface area contributed by atoms with Crippen LogP contribution in [0, 0.1) is 20.8 Å². The molecule has 0 aliphatic rings. The summed E-state index contributed by atoms with van der Waals surface area (Å²) < 4.78 is 0. The van der Waals surface area contributed by atoms with Crippen LogP contribution in [-0.4, -0.2) is 35.0 Å². The van der Waals surface area contributed by atoms with Gasteiger partial charge in [0.1, 0.15) is 6.04 Å². The zero-order valence-corrected chi connectivity index (χ0v) is 21.2. The molecule has 0 bridgehead atoms. The van der Waals surface area contributed by atoms with Gasteiger partial charge in [0.15, 0.2) is 0 Å². The molecular formula is C28H31ClN2O3. The van der Waals surface area contributed by atoms with E-state index in [2.05, 4.69) is 24.4 Å². The normalized spacial score (nSPS) is 12.7. The number of amides is 1. The lowest BCUT2D eigenvalue weighted by atomic mass is 9.94. The Balaban J connectivity index is 1.87. The maximum Gasteiger partial charge on any atom is 0.326 e. The van der Waals surface area contributed by atoms with E-state index >= 15 is 0 Å². The molecule has 2 N–H and O–H groups in total. The van der Waals surface area contributed by atoms with Gasteiger partial charge < -0.3 is 15.3 Å². The van der Waals surface area contributed by atoms with Crippen LogP contribution in [0.4, 0.5) is 5.69 Å². The van der Waals surface area contributed by atoms with E-state index in [9.17, 15) is 14.7 Å². The average Bonchev–Trinajstić information content (AvgIpc) is 2.79. The van der Waals surface area contributed by atoms with Crippen LogP contribution in [0.25, 0.3) is 11.1 Å². The van der Waals surface area contributed by atoms with Crippen molar-refractivity contribution in [3.63, 3.8) is 0 Å². The van der Waals surface area contributed by atoms with Gasteiger partial charge in [-0.15, -0.1) is 0 Å². The first-order chi connectivity index (χ1) is 16.0. The summed E-state index contributed by atoms with van der Waals surface area (Å²) in [4.78, 5) is 25.6. The molecule has 178 valence electrons. The number of nitrogens with zero attached hydrogens (tertiary/aromatic N) is 1. The molecule has 3 rings (SSSR count). The fourth-order valence-corrected chi connectivity index (χ4v) is 4.16. The van der Waals surface area contributed by atoms with Crippen molar-refractivity contribution in [3.8, 4) is 11.1 Å². The van der Waals surface area contributed by atoms with Crippen LogP contribution >= 0.6 is 11.6 Å². The number of hydrogen-bond donors (Lipinski definition) is 2. The van der Waals surface area contributed by atoms with Gasteiger partial charge in [-0.25, -0.2) is 4.79 Å². The topological polar surface area (TPSA) is 69.6 Å². The number of likely N-dealkylation sites (N-methyl/N-ethyl adjacent to an activating group) is 1. The second kappa shape index (κ2) is 10.3. The molecule has 0 aromatic heterocycles. The van der Waals surface area contributed by atoms with Crippen LogP contribution < -0.4 is 5.32 Å². The Hall–Kier alpha value is -3.31. The molecule has 0 saturated carbocycles. The monoisotopic (exact) mass is 478 g/mol. The minimum absolute atomic E-state index is 0.0986. The van der Waals surface area contributed by atoms with E-state index in [0.29, 0.717) is 5.56 Å². The molecular weight excluding hydrogens is 448 g/mol. The second-order valence-corrected chi connectivity index (χ2v) is 9.28. The van der Waals surface area contributed by atoms with Crippen molar-refractivity contribution in [2.45, 2.75) is 46.7 Å². The Morgan fingerprint density at radius 1 is 0.912 bits per heavy atom. The SMILES string of the molecule is Cc1cc(C(C)Nc2cccc(-c3cc(C)c(C(=O)N(C)C(C)C(=O)O)c(C)c3)c2)ccc1Cl. The highest BCUT2D eigenvalue weighted by Crippen LogP contribution is 2.30. The first kappa shape index (κ1) is 25.3. The van der Waals surface area contributed by atoms with Crippen LogP contribution in [0.3, 0.4) is 0 Å². The summed E-state index contributed by atoms with van der Waals surface area (Å²) in [5, 5.41) is 13.6. The number of nitrogens with one attached hydrogen (secondary N) is 1. The quantitative estimate of drug-likeness (QED) is 0.398. The van der Waals surface area contributed by atoms with Gasteiger partial charge in [-0.05, 0) is 86.2 Å². The van der Waals surface area contributed by atoms with Gasteiger partial charge in [0.2, 0.25) is 0 Å². The number of anilines is 1. The van der Waals surface area contributed by atoms with Crippen LogP contribution in [0.1, 0.15) is 52.5 Å². The number of hydrogen-bond acceptors (Lipinski definition) is 3. The number of benzene rings is 3. The second-order valence-electron chi connectivity index (χ2n) is 8.87. The van der Waals surface area contributed by atoms with Crippen molar-refractivity contribution in [2.24, 2.45) is 0 Å². The molecule has 2 atom stereocenters. The molecule has 0 aliphatic heterocycles. The molecule has 0 spiro atoms. The Kier molecular flexibility index (Phi) is 7.68. The van der Waals surface area contributed by atoms with E-state index in [0.717, 1.165) is 44.1 Å². The molecule has 2 unspecified atom stereocenters. The maximum atomic E-state index is 13.0. The number of carbonyl (C=O) groups excluding carboxylic acids is 1. The number of aliphatic carboxylic acids is 1. The number of carboxylic acid groups (broad SMARTS) is 1. The van der Waals surface area contributed by atoms with Crippen molar-refractivity contribution in [2.75, 3.05) is 12.4 Å². The van der Waals surface area contributed by atoms with Gasteiger partial charge in [0.25, 0.3) is 5.91 Å². The predicted molar refractivity (Wildman–Crippen MR) is 139 cm³/mol. The molecule has 34 heavy (non-hydrogen) atoms. The summed E-state index contributed by atoms with van der Waals surface area (Å²) in [6, 6.07) is 17.4. The van der Waals surface area contributed by atoms with Crippen molar-refractivity contribution in [3.05, 3.63) is 87.4 Å². The van der Waals surface area contributed by atoms with E-state index in [-0.39, 0.29) is 11.9 Å². The van der Waals surface area contributed by atoms with E-state index < -0.39 is 12.0 Å². The minimum atomic E-state index is -1.03. The summed E-state index contributed by atoms with van der Waals surface area (Å²) in [5.41, 5.74) is 7.39. The standard InChI is InChI=1S/C28H31ClN2O3/c1-16-12-21(10-11-25(16)29)19(4)30-24-9-7-8-22(15-24)23-13-17(2)26(18(3)14-23)27(32)31(6)20(5)28(33)34/h7-15,19-20,30H,1-6H3,(H,33,34).